The molecule has 0 bridgehead atoms. The molecule has 3 nitrogen and oxygen atoms in total. The van der Waals surface area contributed by atoms with Crippen molar-refractivity contribution in [2.75, 3.05) is 39.3 Å². The molecule has 3 heteroatoms. The Labute approximate surface area is 119 Å². The molecule has 1 N–H and O–H groups in total. The minimum atomic E-state index is 0.695. The third kappa shape index (κ3) is 4.44. The van der Waals surface area contributed by atoms with Crippen LogP contribution in [-0.4, -0.2) is 61.2 Å². The van der Waals surface area contributed by atoms with Crippen molar-refractivity contribution in [2.45, 2.75) is 58.5 Å². The molecule has 2 unspecified atom stereocenters. The first-order chi connectivity index (χ1) is 9.22. The van der Waals surface area contributed by atoms with E-state index < -0.39 is 0 Å². The number of nitrogens with one attached hydrogen (secondary N) is 1. The van der Waals surface area contributed by atoms with Gasteiger partial charge in [-0.3, -0.25) is 0 Å². The van der Waals surface area contributed by atoms with Crippen LogP contribution >= 0.6 is 0 Å². The highest BCUT2D eigenvalue weighted by molar-refractivity contribution is 4.84. The number of rotatable bonds is 5. The Morgan fingerprint density at radius 1 is 1.00 bits per heavy atom. The molecule has 0 saturated carbocycles. The van der Waals surface area contributed by atoms with Crippen LogP contribution in [0.25, 0.3) is 0 Å². The van der Waals surface area contributed by atoms with Crippen molar-refractivity contribution in [1.29, 1.82) is 0 Å². The van der Waals surface area contributed by atoms with E-state index in [1.807, 2.05) is 0 Å². The summed E-state index contributed by atoms with van der Waals surface area (Å²) in [7, 11) is 0. The van der Waals surface area contributed by atoms with Gasteiger partial charge in [-0.2, -0.15) is 0 Å². The van der Waals surface area contributed by atoms with Crippen molar-refractivity contribution >= 4 is 0 Å². The molecular weight excluding hydrogens is 234 g/mol. The molecule has 0 radical (unpaired) electrons. The van der Waals surface area contributed by atoms with Crippen LogP contribution in [0.15, 0.2) is 0 Å². The fourth-order valence-electron chi connectivity index (χ4n) is 3.76. The fourth-order valence-corrected chi connectivity index (χ4v) is 3.76. The molecule has 2 aliphatic rings. The lowest BCUT2D eigenvalue weighted by atomic mass is 9.89. The summed E-state index contributed by atoms with van der Waals surface area (Å²) in [6, 6.07) is 1.42. The zero-order chi connectivity index (χ0) is 13.7. The highest BCUT2D eigenvalue weighted by atomic mass is 15.2. The number of piperidine rings is 2. The van der Waals surface area contributed by atoms with Crippen LogP contribution in [0.1, 0.15) is 46.5 Å². The lowest BCUT2D eigenvalue weighted by molar-refractivity contribution is 0.144. The summed E-state index contributed by atoms with van der Waals surface area (Å²) in [4.78, 5) is 5.18. The first-order valence-electron chi connectivity index (χ1n) is 8.43. The van der Waals surface area contributed by atoms with E-state index in [0.717, 1.165) is 12.0 Å². The van der Waals surface area contributed by atoms with E-state index in [0.29, 0.717) is 6.04 Å². The standard InChI is InChI=1S/C16H33N3/c1-4-18-11-8-15(9-12-18)14(3)17-16-7-6-10-19(5-2)13-16/h14-17H,4-13H2,1-3H3. The predicted molar refractivity (Wildman–Crippen MR) is 82.6 cm³/mol. The molecule has 0 amide bonds. The van der Waals surface area contributed by atoms with Gasteiger partial charge < -0.3 is 15.1 Å². The third-order valence-electron chi connectivity index (χ3n) is 5.24. The van der Waals surface area contributed by atoms with Gasteiger partial charge in [0.2, 0.25) is 0 Å². The topological polar surface area (TPSA) is 18.5 Å². The van der Waals surface area contributed by atoms with Gasteiger partial charge in [-0.15, -0.1) is 0 Å². The van der Waals surface area contributed by atoms with Crippen molar-refractivity contribution in [3.8, 4) is 0 Å². The summed E-state index contributed by atoms with van der Waals surface area (Å²) in [5.41, 5.74) is 0. The quantitative estimate of drug-likeness (QED) is 0.824. The van der Waals surface area contributed by atoms with E-state index >= 15 is 0 Å². The van der Waals surface area contributed by atoms with E-state index in [-0.39, 0.29) is 0 Å². The summed E-state index contributed by atoms with van der Waals surface area (Å²) in [5.74, 6) is 0.889. The van der Waals surface area contributed by atoms with Crippen LogP contribution in [0.4, 0.5) is 0 Å². The van der Waals surface area contributed by atoms with E-state index in [1.54, 1.807) is 0 Å². The Morgan fingerprint density at radius 3 is 2.32 bits per heavy atom. The molecule has 2 aliphatic heterocycles. The largest absolute Gasteiger partial charge is 0.310 e. The third-order valence-corrected chi connectivity index (χ3v) is 5.24. The molecule has 2 fully saturated rings. The number of likely N-dealkylation sites (tertiary alicyclic amines) is 2. The van der Waals surface area contributed by atoms with Crippen LogP contribution in [0, 0.1) is 5.92 Å². The summed E-state index contributed by atoms with van der Waals surface area (Å²) >= 11 is 0. The zero-order valence-corrected chi connectivity index (χ0v) is 13.2. The zero-order valence-electron chi connectivity index (χ0n) is 13.2. The predicted octanol–water partition coefficient (Wildman–Crippen LogP) is 2.18. The summed E-state index contributed by atoms with van der Waals surface area (Å²) in [5, 5.41) is 3.93. The van der Waals surface area contributed by atoms with Crippen molar-refractivity contribution in [2.24, 2.45) is 5.92 Å². The van der Waals surface area contributed by atoms with Gasteiger partial charge in [0, 0.05) is 18.6 Å². The average Bonchev–Trinajstić information content (AvgIpc) is 2.47. The number of hydrogen-bond donors (Lipinski definition) is 1. The van der Waals surface area contributed by atoms with Crippen LogP contribution in [0.3, 0.4) is 0 Å². The van der Waals surface area contributed by atoms with Crippen molar-refractivity contribution in [3.05, 3.63) is 0 Å². The molecular formula is C16H33N3. The second-order valence-corrected chi connectivity index (χ2v) is 6.46. The average molecular weight is 267 g/mol. The molecule has 19 heavy (non-hydrogen) atoms. The second kappa shape index (κ2) is 7.61. The molecule has 0 spiro atoms. The maximum Gasteiger partial charge on any atom is 0.0198 e. The molecule has 0 aromatic rings. The summed E-state index contributed by atoms with van der Waals surface area (Å²) in [6.07, 6.45) is 5.50. The number of likely N-dealkylation sites (N-methyl/N-ethyl adjacent to an activating group) is 1. The Balaban J connectivity index is 1.73. The van der Waals surface area contributed by atoms with Crippen molar-refractivity contribution < 1.29 is 0 Å². The van der Waals surface area contributed by atoms with Crippen molar-refractivity contribution in [3.63, 3.8) is 0 Å². The van der Waals surface area contributed by atoms with Gasteiger partial charge in [0.15, 0.2) is 0 Å². The van der Waals surface area contributed by atoms with Crippen LogP contribution < -0.4 is 5.32 Å². The Morgan fingerprint density at radius 2 is 1.68 bits per heavy atom. The van der Waals surface area contributed by atoms with Gasteiger partial charge in [-0.1, -0.05) is 13.8 Å². The highest BCUT2D eigenvalue weighted by Gasteiger charge is 2.26. The minimum Gasteiger partial charge on any atom is -0.310 e. The van der Waals surface area contributed by atoms with Gasteiger partial charge in [-0.05, 0) is 71.2 Å². The maximum absolute atomic E-state index is 3.93. The van der Waals surface area contributed by atoms with Crippen LogP contribution in [0.2, 0.25) is 0 Å². The fraction of sp³-hybridized carbons (Fsp3) is 1.00. The first-order valence-corrected chi connectivity index (χ1v) is 8.43. The highest BCUT2D eigenvalue weighted by Crippen LogP contribution is 2.21. The molecule has 0 aromatic carbocycles. The lowest BCUT2D eigenvalue weighted by Crippen LogP contribution is -2.51. The van der Waals surface area contributed by atoms with E-state index in [4.69, 9.17) is 0 Å². The molecule has 2 heterocycles. The monoisotopic (exact) mass is 267 g/mol. The van der Waals surface area contributed by atoms with Crippen LogP contribution in [0.5, 0.6) is 0 Å². The summed E-state index contributed by atoms with van der Waals surface area (Å²) < 4.78 is 0. The molecule has 112 valence electrons. The van der Waals surface area contributed by atoms with Gasteiger partial charge in [0.1, 0.15) is 0 Å². The number of hydrogen-bond acceptors (Lipinski definition) is 3. The second-order valence-electron chi connectivity index (χ2n) is 6.46. The van der Waals surface area contributed by atoms with Gasteiger partial charge >= 0.3 is 0 Å². The molecule has 0 aliphatic carbocycles. The lowest BCUT2D eigenvalue weighted by Gasteiger charge is -2.38. The van der Waals surface area contributed by atoms with E-state index in [9.17, 15) is 0 Å². The Kier molecular flexibility index (Phi) is 6.11. The van der Waals surface area contributed by atoms with Crippen molar-refractivity contribution in [1.82, 2.24) is 15.1 Å². The van der Waals surface area contributed by atoms with E-state index in [1.165, 1.54) is 65.0 Å². The molecule has 2 rings (SSSR count). The molecule has 0 aromatic heterocycles. The minimum absolute atomic E-state index is 0.695. The van der Waals surface area contributed by atoms with Crippen LogP contribution in [-0.2, 0) is 0 Å². The maximum atomic E-state index is 3.93. The Bertz CT molecular complexity index is 248. The summed E-state index contributed by atoms with van der Waals surface area (Å²) in [6.45, 7) is 14.6. The van der Waals surface area contributed by atoms with Gasteiger partial charge in [0.05, 0.1) is 0 Å². The van der Waals surface area contributed by atoms with Gasteiger partial charge in [0.25, 0.3) is 0 Å². The first kappa shape index (κ1) is 15.3. The van der Waals surface area contributed by atoms with E-state index in [2.05, 4.69) is 35.9 Å². The van der Waals surface area contributed by atoms with Gasteiger partial charge in [-0.25, -0.2) is 0 Å². The normalized spacial score (nSPS) is 29.5. The number of nitrogens with zero attached hydrogens (tertiary/aromatic N) is 2. The smallest absolute Gasteiger partial charge is 0.0198 e. The Hall–Kier alpha value is -0.120. The molecule has 2 saturated heterocycles. The SMILES string of the molecule is CCN1CCC(C(C)NC2CCCN(CC)C2)CC1. The molecule has 2 atom stereocenters.